The summed E-state index contributed by atoms with van der Waals surface area (Å²) in [6, 6.07) is 12.1. The number of aromatic nitrogens is 1. The minimum Gasteiger partial charge on any atom is -0.348 e. The average Bonchev–Trinajstić information content (AvgIpc) is 2.68. The number of nitrogens with two attached hydrogens (primary N) is 1. The van der Waals surface area contributed by atoms with Gasteiger partial charge >= 0.3 is 0 Å². The predicted octanol–water partition coefficient (Wildman–Crippen LogP) is 2.26. The highest BCUT2D eigenvalue weighted by Gasteiger charge is 2.02. The van der Waals surface area contributed by atoms with Crippen LogP contribution < -0.4 is 11.1 Å². The van der Waals surface area contributed by atoms with Crippen LogP contribution in [0.1, 0.15) is 5.56 Å². The fraction of sp³-hybridized carbons (Fsp3) is 0.167. The van der Waals surface area contributed by atoms with Crippen LogP contribution in [0.15, 0.2) is 42.6 Å². The van der Waals surface area contributed by atoms with Gasteiger partial charge in [-0.1, -0.05) is 18.2 Å². The van der Waals surface area contributed by atoms with Crippen molar-refractivity contribution in [3.05, 3.63) is 48.2 Å². The molecular formula is C12H15N3. The highest BCUT2D eigenvalue weighted by atomic mass is 15.0. The van der Waals surface area contributed by atoms with Crippen molar-refractivity contribution in [3.63, 3.8) is 0 Å². The van der Waals surface area contributed by atoms with Crippen molar-refractivity contribution in [1.82, 2.24) is 4.98 Å². The third kappa shape index (κ3) is 2.39. The Morgan fingerprint density at radius 3 is 2.67 bits per heavy atom. The number of hydrogen-bond acceptors (Lipinski definition) is 2. The number of nitrogens with one attached hydrogen (secondary N) is 2. The van der Waals surface area contributed by atoms with Gasteiger partial charge in [0.2, 0.25) is 0 Å². The van der Waals surface area contributed by atoms with E-state index >= 15 is 0 Å². The lowest BCUT2D eigenvalue weighted by Crippen LogP contribution is -2.04. The Bertz CT molecular complexity index is 406. The van der Waals surface area contributed by atoms with Crippen LogP contribution in [-0.4, -0.2) is 11.5 Å². The summed E-state index contributed by atoms with van der Waals surface area (Å²) < 4.78 is 0. The van der Waals surface area contributed by atoms with E-state index < -0.39 is 0 Å². The molecule has 3 nitrogen and oxygen atoms in total. The standard InChI is InChI=1S/C12H15N3/c13-8-6-10-7-9-14-12(10)15-11-4-2-1-3-5-11/h1-5,7,9,14-15H,6,8,13H2. The lowest BCUT2D eigenvalue weighted by molar-refractivity contribution is 0.972. The van der Waals surface area contributed by atoms with E-state index in [1.807, 2.05) is 36.5 Å². The lowest BCUT2D eigenvalue weighted by Gasteiger charge is -2.06. The molecule has 4 N–H and O–H groups in total. The van der Waals surface area contributed by atoms with Gasteiger partial charge in [0.25, 0.3) is 0 Å². The summed E-state index contributed by atoms with van der Waals surface area (Å²) in [4.78, 5) is 3.17. The molecule has 0 saturated heterocycles. The van der Waals surface area contributed by atoms with Gasteiger partial charge in [-0.2, -0.15) is 0 Å². The van der Waals surface area contributed by atoms with E-state index in [1.165, 1.54) is 5.56 Å². The maximum absolute atomic E-state index is 5.54. The number of benzene rings is 1. The Morgan fingerprint density at radius 2 is 1.93 bits per heavy atom. The number of aromatic amines is 1. The maximum Gasteiger partial charge on any atom is 0.110 e. The average molecular weight is 201 g/mol. The van der Waals surface area contributed by atoms with E-state index in [4.69, 9.17) is 5.73 Å². The molecule has 15 heavy (non-hydrogen) atoms. The number of anilines is 2. The third-order valence-corrected chi connectivity index (χ3v) is 2.29. The normalized spacial score (nSPS) is 10.2. The second-order valence-corrected chi connectivity index (χ2v) is 3.41. The van der Waals surface area contributed by atoms with Gasteiger partial charge in [0.15, 0.2) is 0 Å². The van der Waals surface area contributed by atoms with E-state index in [-0.39, 0.29) is 0 Å². The van der Waals surface area contributed by atoms with Gasteiger partial charge in [-0.3, -0.25) is 0 Å². The van der Waals surface area contributed by atoms with Crippen LogP contribution >= 0.6 is 0 Å². The number of H-pyrrole nitrogens is 1. The Kier molecular flexibility index (Phi) is 3.05. The predicted molar refractivity (Wildman–Crippen MR) is 63.3 cm³/mol. The largest absolute Gasteiger partial charge is 0.348 e. The van der Waals surface area contributed by atoms with Crippen LogP contribution in [-0.2, 0) is 6.42 Å². The molecule has 0 amide bonds. The Labute approximate surface area is 89.3 Å². The molecule has 0 aliphatic heterocycles. The Morgan fingerprint density at radius 1 is 1.13 bits per heavy atom. The Hall–Kier alpha value is -1.74. The summed E-state index contributed by atoms with van der Waals surface area (Å²) >= 11 is 0. The maximum atomic E-state index is 5.54. The number of rotatable bonds is 4. The van der Waals surface area contributed by atoms with Crippen LogP contribution in [0.2, 0.25) is 0 Å². The molecule has 2 rings (SSSR count). The molecule has 0 fully saturated rings. The smallest absolute Gasteiger partial charge is 0.110 e. The van der Waals surface area contributed by atoms with E-state index in [1.54, 1.807) is 0 Å². The van der Waals surface area contributed by atoms with Crippen molar-refractivity contribution in [2.75, 3.05) is 11.9 Å². The van der Waals surface area contributed by atoms with E-state index in [0.29, 0.717) is 6.54 Å². The first-order valence-corrected chi connectivity index (χ1v) is 5.08. The van der Waals surface area contributed by atoms with Crippen molar-refractivity contribution in [2.45, 2.75) is 6.42 Å². The zero-order valence-electron chi connectivity index (χ0n) is 8.53. The molecule has 0 spiro atoms. The molecule has 3 heteroatoms. The van der Waals surface area contributed by atoms with E-state index in [9.17, 15) is 0 Å². The quantitative estimate of drug-likeness (QED) is 0.710. The highest BCUT2D eigenvalue weighted by molar-refractivity contribution is 5.59. The topological polar surface area (TPSA) is 53.8 Å². The van der Waals surface area contributed by atoms with E-state index in [2.05, 4.69) is 16.4 Å². The van der Waals surface area contributed by atoms with Crippen LogP contribution in [0.4, 0.5) is 11.5 Å². The van der Waals surface area contributed by atoms with Crippen molar-refractivity contribution < 1.29 is 0 Å². The van der Waals surface area contributed by atoms with Crippen molar-refractivity contribution in [2.24, 2.45) is 5.73 Å². The van der Waals surface area contributed by atoms with Crippen molar-refractivity contribution in [1.29, 1.82) is 0 Å². The first-order chi connectivity index (χ1) is 7.40. The van der Waals surface area contributed by atoms with Crippen molar-refractivity contribution in [3.8, 4) is 0 Å². The molecule has 0 unspecified atom stereocenters. The summed E-state index contributed by atoms with van der Waals surface area (Å²) in [7, 11) is 0. The third-order valence-electron chi connectivity index (χ3n) is 2.29. The molecule has 0 radical (unpaired) electrons. The summed E-state index contributed by atoms with van der Waals surface area (Å²) in [6.07, 6.45) is 2.81. The molecule has 2 aromatic rings. The molecule has 0 atom stereocenters. The summed E-state index contributed by atoms with van der Waals surface area (Å²) in [6.45, 7) is 0.668. The second-order valence-electron chi connectivity index (χ2n) is 3.41. The second kappa shape index (κ2) is 4.66. The molecule has 1 aromatic carbocycles. The minimum atomic E-state index is 0.668. The first-order valence-electron chi connectivity index (χ1n) is 5.08. The SMILES string of the molecule is NCCc1cc[nH]c1Nc1ccccc1. The van der Waals surface area contributed by atoms with Crippen LogP contribution in [0, 0.1) is 0 Å². The molecule has 0 bridgehead atoms. The molecule has 1 aromatic heterocycles. The van der Waals surface area contributed by atoms with Gasteiger partial charge in [0, 0.05) is 11.9 Å². The van der Waals surface area contributed by atoms with Gasteiger partial charge in [-0.15, -0.1) is 0 Å². The zero-order chi connectivity index (χ0) is 10.5. The van der Waals surface area contributed by atoms with Crippen LogP contribution in [0.25, 0.3) is 0 Å². The first kappa shape index (κ1) is 9.80. The zero-order valence-corrected chi connectivity index (χ0v) is 8.53. The summed E-state index contributed by atoms with van der Waals surface area (Å²) in [5, 5.41) is 3.33. The highest BCUT2D eigenvalue weighted by Crippen LogP contribution is 2.18. The molecule has 1 heterocycles. The van der Waals surface area contributed by atoms with Crippen LogP contribution in [0.5, 0.6) is 0 Å². The van der Waals surface area contributed by atoms with Gasteiger partial charge < -0.3 is 16.0 Å². The summed E-state index contributed by atoms with van der Waals surface area (Å²) in [5.74, 6) is 1.03. The monoisotopic (exact) mass is 201 g/mol. The molecular weight excluding hydrogens is 186 g/mol. The van der Waals surface area contributed by atoms with Gasteiger partial charge in [-0.05, 0) is 36.7 Å². The van der Waals surface area contributed by atoms with Gasteiger partial charge in [-0.25, -0.2) is 0 Å². The molecule has 0 aliphatic rings. The minimum absolute atomic E-state index is 0.668. The fourth-order valence-corrected chi connectivity index (χ4v) is 1.55. The molecule has 78 valence electrons. The van der Waals surface area contributed by atoms with Crippen LogP contribution in [0.3, 0.4) is 0 Å². The fourth-order valence-electron chi connectivity index (χ4n) is 1.55. The molecule has 0 aliphatic carbocycles. The Balaban J connectivity index is 2.14. The summed E-state index contributed by atoms with van der Waals surface area (Å²) in [5.41, 5.74) is 7.85. The number of hydrogen-bond donors (Lipinski definition) is 3. The van der Waals surface area contributed by atoms with Gasteiger partial charge in [0.1, 0.15) is 5.82 Å². The van der Waals surface area contributed by atoms with Crippen molar-refractivity contribution >= 4 is 11.5 Å². The van der Waals surface area contributed by atoms with Gasteiger partial charge in [0.05, 0.1) is 0 Å². The number of para-hydroxylation sites is 1. The molecule has 0 saturated carbocycles. The van der Waals surface area contributed by atoms with E-state index in [0.717, 1.165) is 17.9 Å². The lowest BCUT2D eigenvalue weighted by atomic mass is 10.2.